The first-order chi connectivity index (χ1) is 17.4. The molecule has 2 aliphatic rings. The van der Waals surface area contributed by atoms with Crippen LogP contribution in [0.3, 0.4) is 0 Å². The predicted octanol–water partition coefficient (Wildman–Crippen LogP) is 2.31. The molecule has 5 rings (SSSR count). The summed E-state index contributed by atoms with van der Waals surface area (Å²) in [5, 5.41) is 15.7. The van der Waals surface area contributed by atoms with Gasteiger partial charge in [0.15, 0.2) is 0 Å². The Balaban J connectivity index is 1.58. The molecule has 0 bridgehead atoms. The van der Waals surface area contributed by atoms with Gasteiger partial charge in [-0.2, -0.15) is 5.26 Å². The number of imide groups is 1. The van der Waals surface area contributed by atoms with Crippen molar-refractivity contribution >= 4 is 28.6 Å². The number of nitriles is 1. The zero-order valence-corrected chi connectivity index (χ0v) is 19.5. The van der Waals surface area contributed by atoms with Gasteiger partial charge in [0.25, 0.3) is 11.8 Å². The van der Waals surface area contributed by atoms with Crippen molar-refractivity contribution in [2.24, 2.45) is 0 Å². The Kier molecular flexibility index (Phi) is 5.46. The molecule has 1 fully saturated rings. The van der Waals surface area contributed by atoms with E-state index in [0.717, 1.165) is 5.56 Å². The SMILES string of the molecule is COc1ccc2c(c1)C(=O)N(C[C@@]1(C#Cc3c(OC)ccc4c(C#N)cccc34)NC(=O)NC1=O)C2. The largest absolute Gasteiger partial charge is 0.497 e. The number of nitrogens with zero attached hydrogens (tertiary/aromatic N) is 2. The molecule has 9 heteroatoms. The molecule has 0 saturated carbocycles. The van der Waals surface area contributed by atoms with E-state index in [-0.39, 0.29) is 19.0 Å². The van der Waals surface area contributed by atoms with Crippen LogP contribution in [0.15, 0.2) is 48.5 Å². The zero-order chi connectivity index (χ0) is 25.4. The van der Waals surface area contributed by atoms with Crippen LogP contribution < -0.4 is 20.1 Å². The summed E-state index contributed by atoms with van der Waals surface area (Å²) < 4.78 is 10.7. The number of carbonyl (C=O) groups is 3. The number of amides is 4. The maximum Gasteiger partial charge on any atom is 0.323 e. The Bertz CT molecular complexity index is 1560. The molecule has 4 amide bonds. The fourth-order valence-corrected chi connectivity index (χ4v) is 4.52. The highest BCUT2D eigenvalue weighted by Crippen LogP contribution is 2.31. The summed E-state index contributed by atoms with van der Waals surface area (Å²) in [7, 11) is 3.01. The molecule has 0 radical (unpaired) electrons. The number of hydrogen-bond donors (Lipinski definition) is 2. The van der Waals surface area contributed by atoms with Crippen LogP contribution >= 0.6 is 0 Å². The van der Waals surface area contributed by atoms with E-state index in [1.807, 2.05) is 0 Å². The minimum Gasteiger partial charge on any atom is -0.497 e. The lowest BCUT2D eigenvalue weighted by molar-refractivity contribution is -0.122. The number of hydrogen-bond acceptors (Lipinski definition) is 6. The van der Waals surface area contributed by atoms with E-state index in [4.69, 9.17) is 9.47 Å². The summed E-state index contributed by atoms with van der Waals surface area (Å²) in [6.45, 7) is 0.0950. The van der Waals surface area contributed by atoms with Crippen molar-refractivity contribution in [3.05, 3.63) is 70.8 Å². The van der Waals surface area contributed by atoms with E-state index in [2.05, 4.69) is 28.5 Å². The predicted molar refractivity (Wildman–Crippen MR) is 129 cm³/mol. The standard InChI is InChI=1S/C27H20N4O5/c1-35-18-7-6-17-14-31(24(32)22(17)12-18)15-27(25(33)29-26(34)30-27)11-10-21-20-5-3-4-16(13-28)19(20)8-9-23(21)36-2/h3-9,12H,14-15H2,1-2H3,(H2,29,30,33,34)/t27-/m1/s1. The van der Waals surface area contributed by atoms with Gasteiger partial charge >= 0.3 is 6.03 Å². The van der Waals surface area contributed by atoms with Gasteiger partial charge < -0.3 is 19.7 Å². The lowest BCUT2D eigenvalue weighted by Crippen LogP contribution is -2.54. The maximum atomic E-state index is 13.1. The third-order valence-electron chi connectivity index (χ3n) is 6.33. The molecule has 0 spiro atoms. The number of benzene rings is 3. The molecule has 0 unspecified atom stereocenters. The Labute approximate surface area is 206 Å². The van der Waals surface area contributed by atoms with Crippen molar-refractivity contribution in [1.29, 1.82) is 5.26 Å². The van der Waals surface area contributed by atoms with Crippen LogP contribution in [0.25, 0.3) is 10.8 Å². The highest BCUT2D eigenvalue weighted by molar-refractivity contribution is 6.10. The molecule has 178 valence electrons. The van der Waals surface area contributed by atoms with E-state index in [1.165, 1.54) is 19.1 Å². The Morgan fingerprint density at radius 3 is 2.58 bits per heavy atom. The van der Waals surface area contributed by atoms with Gasteiger partial charge in [-0.15, -0.1) is 0 Å². The minimum atomic E-state index is -1.68. The third-order valence-corrected chi connectivity index (χ3v) is 6.33. The summed E-state index contributed by atoms with van der Waals surface area (Å²) in [6.07, 6.45) is 0. The molecule has 9 nitrogen and oxygen atoms in total. The number of fused-ring (bicyclic) bond motifs is 2. The van der Waals surface area contributed by atoms with Crippen molar-refractivity contribution in [2.75, 3.05) is 20.8 Å². The average molecular weight is 480 g/mol. The van der Waals surface area contributed by atoms with Gasteiger partial charge in [0.05, 0.1) is 38.0 Å². The number of carbonyl (C=O) groups excluding carboxylic acids is 3. The molecule has 1 atom stereocenters. The Morgan fingerprint density at radius 2 is 1.89 bits per heavy atom. The molecule has 2 aliphatic heterocycles. The molecule has 36 heavy (non-hydrogen) atoms. The fourth-order valence-electron chi connectivity index (χ4n) is 4.52. The maximum absolute atomic E-state index is 13.1. The molecule has 1 saturated heterocycles. The van der Waals surface area contributed by atoms with E-state index in [1.54, 1.807) is 48.5 Å². The second kappa shape index (κ2) is 8.64. The van der Waals surface area contributed by atoms with Crippen LogP contribution in [0.1, 0.15) is 27.0 Å². The van der Waals surface area contributed by atoms with Crippen LogP contribution in [0, 0.1) is 23.2 Å². The van der Waals surface area contributed by atoms with Crippen LogP contribution in [-0.2, 0) is 11.3 Å². The summed E-state index contributed by atoms with van der Waals surface area (Å²) in [4.78, 5) is 39.8. The van der Waals surface area contributed by atoms with Crippen LogP contribution in [0.5, 0.6) is 11.5 Å². The van der Waals surface area contributed by atoms with Crippen molar-refractivity contribution < 1.29 is 23.9 Å². The van der Waals surface area contributed by atoms with Crippen molar-refractivity contribution in [1.82, 2.24) is 15.5 Å². The summed E-state index contributed by atoms with van der Waals surface area (Å²) in [5.74, 6) is 5.97. The normalized spacial score (nSPS) is 18.1. The molecule has 3 aromatic rings. The molecular formula is C27H20N4O5. The summed E-state index contributed by atoms with van der Waals surface area (Å²) in [5.41, 5.74) is 0.506. The van der Waals surface area contributed by atoms with E-state index in [9.17, 15) is 19.6 Å². The van der Waals surface area contributed by atoms with E-state index < -0.39 is 17.5 Å². The van der Waals surface area contributed by atoms with Crippen molar-refractivity contribution in [3.8, 4) is 29.4 Å². The fraction of sp³-hybridized carbons (Fsp3) is 0.185. The summed E-state index contributed by atoms with van der Waals surface area (Å²) in [6, 6.07) is 15.4. The van der Waals surface area contributed by atoms with Crippen LogP contribution in [0.4, 0.5) is 4.79 Å². The third kappa shape index (κ3) is 3.64. The number of urea groups is 1. The van der Waals surface area contributed by atoms with E-state index >= 15 is 0 Å². The molecular weight excluding hydrogens is 460 g/mol. The quantitative estimate of drug-likeness (QED) is 0.437. The monoisotopic (exact) mass is 480 g/mol. The van der Waals surface area contributed by atoms with Gasteiger partial charge in [-0.25, -0.2) is 4.79 Å². The van der Waals surface area contributed by atoms with E-state index in [0.29, 0.717) is 39.0 Å². The van der Waals surface area contributed by atoms with Gasteiger partial charge in [-0.3, -0.25) is 14.9 Å². The van der Waals surface area contributed by atoms with Gasteiger partial charge in [0.2, 0.25) is 5.54 Å². The Hall–Kier alpha value is -5.02. The number of rotatable bonds is 4. The molecule has 2 heterocycles. The molecule has 0 aromatic heterocycles. The van der Waals surface area contributed by atoms with Gasteiger partial charge in [0.1, 0.15) is 11.5 Å². The Morgan fingerprint density at radius 1 is 1.06 bits per heavy atom. The molecule has 0 aliphatic carbocycles. The number of nitrogens with one attached hydrogen (secondary N) is 2. The molecule has 3 aromatic carbocycles. The lowest BCUT2D eigenvalue weighted by atomic mass is 9.96. The van der Waals surface area contributed by atoms with Crippen LogP contribution in [0.2, 0.25) is 0 Å². The highest BCUT2D eigenvalue weighted by atomic mass is 16.5. The highest BCUT2D eigenvalue weighted by Gasteiger charge is 2.48. The minimum absolute atomic E-state index is 0.163. The van der Waals surface area contributed by atoms with Gasteiger partial charge in [-0.1, -0.05) is 30.0 Å². The van der Waals surface area contributed by atoms with Gasteiger partial charge in [0, 0.05) is 22.9 Å². The summed E-state index contributed by atoms with van der Waals surface area (Å²) >= 11 is 0. The first-order valence-corrected chi connectivity index (χ1v) is 11.0. The number of ether oxygens (including phenoxy) is 2. The van der Waals surface area contributed by atoms with Crippen LogP contribution in [-0.4, -0.2) is 49.0 Å². The second-order valence-corrected chi connectivity index (χ2v) is 8.40. The second-order valence-electron chi connectivity index (χ2n) is 8.40. The number of methoxy groups -OCH3 is 2. The molecule has 2 N–H and O–H groups in total. The first kappa shape index (κ1) is 22.8. The zero-order valence-electron chi connectivity index (χ0n) is 19.5. The first-order valence-electron chi connectivity index (χ1n) is 11.0. The van der Waals surface area contributed by atoms with Crippen molar-refractivity contribution in [3.63, 3.8) is 0 Å². The van der Waals surface area contributed by atoms with Gasteiger partial charge in [-0.05, 0) is 35.9 Å². The smallest absolute Gasteiger partial charge is 0.323 e. The lowest BCUT2D eigenvalue weighted by Gasteiger charge is -2.26. The average Bonchev–Trinajstić information content (AvgIpc) is 3.35. The van der Waals surface area contributed by atoms with Crippen molar-refractivity contribution in [2.45, 2.75) is 12.1 Å². The topological polar surface area (TPSA) is 121 Å².